The van der Waals surface area contributed by atoms with Crippen molar-refractivity contribution in [2.24, 2.45) is 0 Å². The number of carbonyl (C=O) groups is 2. The summed E-state index contributed by atoms with van der Waals surface area (Å²) in [5.74, 6) is -0.973. The summed E-state index contributed by atoms with van der Waals surface area (Å²) in [6, 6.07) is 1.84. The van der Waals surface area contributed by atoms with Gasteiger partial charge in [0.05, 0.1) is 0 Å². The Balaban J connectivity index is 1.91. The number of carboxylic acids is 1. The summed E-state index contributed by atoms with van der Waals surface area (Å²) < 4.78 is 1.78. The van der Waals surface area contributed by atoms with Crippen molar-refractivity contribution in [3.63, 3.8) is 0 Å². The molecule has 1 amide bonds. The number of hydrogen-bond donors (Lipinski definition) is 1. The van der Waals surface area contributed by atoms with Crippen LogP contribution in [0.1, 0.15) is 39.0 Å². The largest absolute Gasteiger partial charge is 0.480 e. The Hall–Kier alpha value is -1.85. The van der Waals surface area contributed by atoms with Crippen LogP contribution in [0.5, 0.6) is 0 Å². The van der Waals surface area contributed by atoms with Gasteiger partial charge in [-0.15, -0.1) is 0 Å². The van der Waals surface area contributed by atoms with E-state index in [9.17, 15) is 14.7 Å². The van der Waals surface area contributed by atoms with Crippen molar-refractivity contribution in [2.45, 2.75) is 51.1 Å². The lowest BCUT2D eigenvalue weighted by atomic mass is 9.88. The van der Waals surface area contributed by atoms with E-state index in [4.69, 9.17) is 0 Å². The fourth-order valence-corrected chi connectivity index (χ4v) is 2.70. The normalized spacial score (nSPS) is 22.8. The van der Waals surface area contributed by atoms with E-state index in [1.165, 1.54) is 0 Å². The lowest BCUT2D eigenvalue weighted by molar-refractivity contribution is -0.161. The summed E-state index contributed by atoms with van der Waals surface area (Å²) in [4.78, 5) is 25.3. The molecule has 6 nitrogen and oxygen atoms in total. The van der Waals surface area contributed by atoms with Gasteiger partial charge < -0.3 is 10.0 Å². The van der Waals surface area contributed by atoms with Crippen LogP contribution in [-0.2, 0) is 16.1 Å². The van der Waals surface area contributed by atoms with E-state index in [0.717, 1.165) is 12.8 Å². The Morgan fingerprint density at radius 1 is 1.40 bits per heavy atom. The third-order valence-electron chi connectivity index (χ3n) is 3.99. The van der Waals surface area contributed by atoms with Crippen LogP contribution in [0.25, 0.3) is 0 Å². The number of rotatable bonds is 5. The number of nitrogens with zero attached hydrogens (tertiary/aromatic N) is 3. The molecular weight excluding hydrogens is 258 g/mol. The maximum Gasteiger partial charge on any atom is 0.329 e. The van der Waals surface area contributed by atoms with Gasteiger partial charge in [-0.1, -0.05) is 0 Å². The molecule has 0 bridgehead atoms. The van der Waals surface area contributed by atoms with Crippen molar-refractivity contribution in [1.82, 2.24) is 14.7 Å². The van der Waals surface area contributed by atoms with Crippen molar-refractivity contribution in [3.8, 4) is 0 Å². The standard InChI is InChI=1S/C14H21N3O3/c1-14(13(19)20)7-2-3-11-17(14)12(18)6-4-9-16-10-5-8-15-16/h5,8,10H,2-4,6-7,9,11H2,1H3,(H,19,20). The number of aromatic nitrogens is 2. The van der Waals surface area contributed by atoms with E-state index in [0.29, 0.717) is 32.4 Å². The summed E-state index contributed by atoms with van der Waals surface area (Å²) in [6.07, 6.45) is 6.87. The highest BCUT2D eigenvalue weighted by molar-refractivity contribution is 5.87. The molecule has 0 aromatic carbocycles. The Morgan fingerprint density at radius 2 is 2.20 bits per heavy atom. The van der Waals surface area contributed by atoms with Crippen LogP contribution in [-0.4, -0.2) is 43.7 Å². The van der Waals surface area contributed by atoms with Gasteiger partial charge >= 0.3 is 5.97 Å². The molecule has 1 atom stereocenters. The first-order chi connectivity index (χ1) is 9.54. The van der Waals surface area contributed by atoms with Crippen molar-refractivity contribution in [1.29, 1.82) is 0 Å². The molecule has 2 heterocycles. The third-order valence-corrected chi connectivity index (χ3v) is 3.99. The smallest absolute Gasteiger partial charge is 0.329 e. The number of aliphatic carboxylic acids is 1. The summed E-state index contributed by atoms with van der Waals surface area (Å²) in [7, 11) is 0. The van der Waals surface area contributed by atoms with Crippen LogP contribution in [0.2, 0.25) is 0 Å². The zero-order valence-corrected chi connectivity index (χ0v) is 11.8. The molecule has 0 spiro atoms. The molecule has 20 heavy (non-hydrogen) atoms. The van der Waals surface area contributed by atoms with E-state index < -0.39 is 11.5 Å². The number of carboxylic acid groups (broad SMARTS) is 1. The predicted molar refractivity (Wildman–Crippen MR) is 73.1 cm³/mol. The molecular formula is C14H21N3O3. The molecule has 0 aliphatic carbocycles. The SMILES string of the molecule is CC1(C(=O)O)CCCCN1C(=O)CCCn1cccn1. The van der Waals surface area contributed by atoms with Crippen molar-refractivity contribution >= 4 is 11.9 Å². The summed E-state index contributed by atoms with van der Waals surface area (Å²) in [5, 5.41) is 13.5. The zero-order valence-electron chi connectivity index (χ0n) is 11.8. The highest BCUT2D eigenvalue weighted by atomic mass is 16.4. The van der Waals surface area contributed by atoms with Gasteiger partial charge in [0.25, 0.3) is 0 Å². The maximum atomic E-state index is 12.3. The quantitative estimate of drug-likeness (QED) is 0.886. The average Bonchev–Trinajstić information content (AvgIpc) is 2.92. The summed E-state index contributed by atoms with van der Waals surface area (Å²) >= 11 is 0. The minimum absolute atomic E-state index is 0.0678. The summed E-state index contributed by atoms with van der Waals surface area (Å²) in [6.45, 7) is 2.87. The fourth-order valence-electron chi connectivity index (χ4n) is 2.70. The maximum absolute atomic E-state index is 12.3. The van der Waals surface area contributed by atoms with E-state index >= 15 is 0 Å². The molecule has 1 aliphatic heterocycles. The minimum Gasteiger partial charge on any atom is -0.480 e. The van der Waals surface area contributed by atoms with E-state index in [1.807, 2.05) is 12.3 Å². The Kier molecular flexibility index (Phi) is 4.42. The first-order valence-corrected chi connectivity index (χ1v) is 7.05. The van der Waals surface area contributed by atoms with Crippen molar-refractivity contribution < 1.29 is 14.7 Å². The zero-order chi connectivity index (χ0) is 14.6. The molecule has 1 aromatic rings. The van der Waals surface area contributed by atoms with Gasteiger partial charge in [0, 0.05) is 31.9 Å². The number of aryl methyl sites for hydroxylation is 1. The lowest BCUT2D eigenvalue weighted by Crippen LogP contribution is -2.57. The van der Waals surface area contributed by atoms with Crippen LogP contribution in [0, 0.1) is 0 Å². The van der Waals surface area contributed by atoms with Gasteiger partial charge in [0.15, 0.2) is 0 Å². The Morgan fingerprint density at radius 3 is 2.85 bits per heavy atom. The van der Waals surface area contributed by atoms with E-state index in [-0.39, 0.29) is 5.91 Å². The monoisotopic (exact) mass is 279 g/mol. The number of likely N-dealkylation sites (tertiary alicyclic amines) is 1. The number of amides is 1. The molecule has 1 fully saturated rings. The fraction of sp³-hybridized carbons (Fsp3) is 0.643. The first kappa shape index (κ1) is 14.6. The van der Waals surface area contributed by atoms with Gasteiger partial charge in [0.1, 0.15) is 5.54 Å². The molecule has 1 aromatic heterocycles. The highest BCUT2D eigenvalue weighted by Gasteiger charge is 2.43. The lowest BCUT2D eigenvalue weighted by Gasteiger charge is -2.41. The molecule has 0 radical (unpaired) electrons. The summed E-state index contributed by atoms with van der Waals surface area (Å²) in [5.41, 5.74) is -1.04. The van der Waals surface area contributed by atoms with Gasteiger partial charge in [0.2, 0.25) is 5.91 Å². The van der Waals surface area contributed by atoms with E-state index in [1.54, 1.807) is 22.7 Å². The third kappa shape index (κ3) is 3.00. The first-order valence-electron chi connectivity index (χ1n) is 7.05. The molecule has 1 N–H and O–H groups in total. The van der Waals surface area contributed by atoms with Crippen LogP contribution in [0.15, 0.2) is 18.5 Å². The van der Waals surface area contributed by atoms with Gasteiger partial charge in [-0.05, 0) is 38.7 Å². The van der Waals surface area contributed by atoms with Crippen LogP contribution in [0.3, 0.4) is 0 Å². The van der Waals surface area contributed by atoms with E-state index in [2.05, 4.69) is 5.10 Å². The van der Waals surface area contributed by atoms with Crippen LogP contribution < -0.4 is 0 Å². The number of hydrogen-bond acceptors (Lipinski definition) is 3. The van der Waals surface area contributed by atoms with Crippen LogP contribution in [0.4, 0.5) is 0 Å². The topological polar surface area (TPSA) is 75.4 Å². The second kappa shape index (κ2) is 6.07. The Labute approximate surface area is 118 Å². The number of piperidine rings is 1. The van der Waals surface area contributed by atoms with Crippen molar-refractivity contribution in [2.75, 3.05) is 6.54 Å². The Bertz CT molecular complexity index is 472. The average molecular weight is 279 g/mol. The molecule has 110 valence electrons. The van der Waals surface area contributed by atoms with Crippen LogP contribution >= 0.6 is 0 Å². The van der Waals surface area contributed by atoms with Gasteiger partial charge in [-0.2, -0.15) is 5.10 Å². The predicted octanol–water partition coefficient (Wildman–Crippen LogP) is 1.52. The molecule has 1 saturated heterocycles. The van der Waals surface area contributed by atoms with Crippen molar-refractivity contribution in [3.05, 3.63) is 18.5 Å². The second-order valence-electron chi connectivity index (χ2n) is 5.45. The molecule has 1 aliphatic rings. The van der Waals surface area contributed by atoms with Gasteiger partial charge in [-0.3, -0.25) is 9.48 Å². The molecule has 6 heteroatoms. The molecule has 1 unspecified atom stereocenters. The minimum atomic E-state index is -1.04. The second-order valence-corrected chi connectivity index (χ2v) is 5.45. The molecule has 0 saturated carbocycles. The van der Waals surface area contributed by atoms with Gasteiger partial charge in [-0.25, -0.2) is 4.79 Å². The molecule has 2 rings (SSSR count). The highest BCUT2D eigenvalue weighted by Crippen LogP contribution is 2.29. The number of carbonyl (C=O) groups excluding carboxylic acids is 1.